The Morgan fingerprint density at radius 1 is 1.09 bits per heavy atom. The van der Waals surface area contributed by atoms with Gasteiger partial charge in [0.1, 0.15) is 30.7 Å². The minimum Gasteiger partial charge on any atom is -0.387 e. The maximum atomic E-state index is 11.9. The first-order valence-electron chi connectivity index (χ1n) is 10.0. The summed E-state index contributed by atoms with van der Waals surface area (Å²) in [6.07, 6.45) is -2.65. The quantitative estimate of drug-likeness (QED) is 0.211. The van der Waals surface area contributed by atoms with Crippen molar-refractivity contribution < 1.29 is 43.3 Å². The molecule has 34 heavy (non-hydrogen) atoms. The molecule has 0 spiro atoms. The number of aliphatic hydroxyl groups is 2. The Bertz CT molecular complexity index is 1240. The van der Waals surface area contributed by atoms with Gasteiger partial charge in [0.25, 0.3) is 0 Å². The number of hydrogen-bond acceptors (Lipinski definition) is 10. The molecule has 3 heterocycles. The third-order valence-corrected chi connectivity index (χ3v) is 8.55. The fourth-order valence-corrected chi connectivity index (χ4v) is 6.10. The van der Waals surface area contributed by atoms with Crippen molar-refractivity contribution in [2.45, 2.75) is 31.0 Å². The molecule has 1 aliphatic heterocycles. The van der Waals surface area contributed by atoms with Crippen LogP contribution >= 0.6 is 15.2 Å². The van der Waals surface area contributed by atoms with E-state index in [1.165, 1.54) is 17.0 Å². The molecule has 1 fully saturated rings. The first kappa shape index (κ1) is 24.9. The van der Waals surface area contributed by atoms with Gasteiger partial charge in [-0.3, -0.25) is 9.13 Å². The molecule has 1 aliphatic rings. The highest BCUT2D eigenvalue weighted by Gasteiger charge is 2.46. The smallest absolute Gasteiger partial charge is 0.340 e. The van der Waals surface area contributed by atoms with Crippen molar-refractivity contribution in [3.8, 4) is 0 Å². The minimum absolute atomic E-state index is 0.289. The molecule has 6 N–H and O–H groups in total. The lowest BCUT2D eigenvalue weighted by molar-refractivity contribution is -0.0204. The van der Waals surface area contributed by atoms with Crippen molar-refractivity contribution in [1.82, 2.24) is 19.6 Å². The monoisotopic (exact) mass is 515 g/mol. The Kier molecular flexibility index (Phi) is 7.15. The van der Waals surface area contributed by atoms with Gasteiger partial charge in [-0.25, -0.2) is 14.5 Å². The second-order valence-electron chi connectivity index (χ2n) is 7.68. The average Bonchev–Trinajstić information content (AvgIpc) is 3.32. The average molecular weight is 515 g/mol. The van der Waals surface area contributed by atoms with Gasteiger partial charge in [0, 0.05) is 6.54 Å². The maximum absolute atomic E-state index is 11.9. The van der Waals surface area contributed by atoms with Gasteiger partial charge in [0.15, 0.2) is 17.4 Å². The summed E-state index contributed by atoms with van der Waals surface area (Å²) < 4.78 is 34.6. The first-order chi connectivity index (χ1) is 16.0. The van der Waals surface area contributed by atoms with Crippen LogP contribution in [0.4, 0.5) is 5.82 Å². The fraction of sp³-hybridized carbons (Fsp3) is 0.389. The number of fused-ring (bicyclic) bond motifs is 1. The van der Waals surface area contributed by atoms with Crippen LogP contribution in [0.5, 0.6) is 0 Å². The van der Waals surface area contributed by atoms with Crippen LogP contribution in [0.25, 0.3) is 5.65 Å². The Morgan fingerprint density at radius 2 is 1.82 bits per heavy atom. The van der Waals surface area contributed by atoms with E-state index in [-0.39, 0.29) is 5.69 Å². The number of nitrogens with zero attached hydrogens (tertiary/aromatic N) is 4. The molecule has 0 radical (unpaired) electrons. The van der Waals surface area contributed by atoms with E-state index in [9.17, 15) is 24.2 Å². The molecule has 1 saturated heterocycles. The van der Waals surface area contributed by atoms with Gasteiger partial charge in [-0.2, -0.15) is 5.10 Å². The molecular weight excluding hydrogens is 492 g/mol. The van der Waals surface area contributed by atoms with Crippen LogP contribution in [0.15, 0.2) is 42.9 Å². The molecule has 2 aromatic heterocycles. The van der Waals surface area contributed by atoms with Crippen LogP contribution in [-0.4, -0.2) is 75.3 Å². The predicted molar refractivity (Wildman–Crippen MR) is 117 cm³/mol. The van der Waals surface area contributed by atoms with E-state index < -0.39 is 52.1 Å². The highest BCUT2D eigenvalue weighted by molar-refractivity contribution is 7.70. The fourth-order valence-electron chi connectivity index (χ4n) is 3.53. The molecule has 5 atom stereocenters. The second kappa shape index (κ2) is 9.78. The number of ether oxygens (including phenoxy) is 1. The number of anilines is 1. The van der Waals surface area contributed by atoms with Crippen LogP contribution in [0, 0.1) is 0 Å². The van der Waals surface area contributed by atoms with Crippen LogP contribution in [0.1, 0.15) is 17.4 Å². The van der Waals surface area contributed by atoms with Gasteiger partial charge in [0.2, 0.25) is 0 Å². The number of benzene rings is 1. The van der Waals surface area contributed by atoms with Crippen LogP contribution in [0.2, 0.25) is 0 Å². The van der Waals surface area contributed by atoms with E-state index in [4.69, 9.17) is 19.0 Å². The standard InChI is InChI=1S/C18H23N5O9P2/c24-14-13(8-31-34(29,30)10-33(26,27)28)32-16(15(14)25)12-7-20-18-17(21-9-22-23(12)18)19-6-11-4-2-1-3-5-11/h1-5,7,9,13-16,24-25H,6,8,10H2,(H,29,30)(H,19,21,22)(H2,26,27,28)/t13-,14-,15-,16+/m1/s1. The van der Waals surface area contributed by atoms with Crippen molar-refractivity contribution in [3.63, 3.8) is 0 Å². The Labute approximate surface area is 192 Å². The molecule has 0 aliphatic carbocycles. The highest BCUT2D eigenvalue weighted by atomic mass is 31.2. The zero-order chi connectivity index (χ0) is 24.5. The molecule has 0 bridgehead atoms. The Morgan fingerprint density at radius 3 is 2.53 bits per heavy atom. The summed E-state index contributed by atoms with van der Waals surface area (Å²) in [5.41, 5.74) is 1.66. The second-order valence-corrected chi connectivity index (χ2v) is 11.7. The normalized spacial score (nSPS) is 24.9. The molecule has 14 nitrogen and oxygen atoms in total. The molecule has 184 valence electrons. The number of hydrogen-bond donors (Lipinski definition) is 6. The molecule has 3 aromatic rings. The lowest BCUT2D eigenvalue weighted by Crippen LogP contribution is -2.33. The van der Waals surface area contributed by atoms with Gasteiger partial charge in [-0.1, -0.05) is 30.3 Å². The maximum Gasteiger partial charge on any atom is 0.340 e. The summed E-state index contributed by atoms with van der Waals surface area (Å²) >= 11 is 0. The molecule has 0 amide bonds. The third-order valence-electron chi connectivity index (χ3n) is 5.09. The van der Waals surface area contributed by atoms with Gasteiger partial charge in [-0.05, 0) is 5.56 Å². The summed E-state index contributed by atoms with van der Waals surface area (Å²) in [5.74, 6) is -0.950. The van der Waals surface area contributed by atoms with Gasteiger partial charge in [-0.15, -0.1) is 0 Å². The van der Waals surface area contributed by atoms with Gasteiger partial charge < -0.3 is 39.5 Å². The van der Waals surface area contributed by atoms with E-state index in [0.717, 1.165) is 5.56 Å². The van der Waals surface area contributed by atoms with Gasteiger partial charge >= 0.3 is 15.2 Å². The number of imidazole rings is 1. The molecule has 4 rings (SSSR count). The highest BCUT2D eigenvalue weighted by Crippen LogP contribution is 2.55. The lowest BCUT2D eigenvalue weighted by Gasteiger charge is -2.18. The predicted octanol–water partition coefficient (Wildman–Crippen LogP) is 0.235. The molecule has 1 aromatic carbocycles. The summed E-state index contributed by atoms with van der Waals surface area (Å²) in [7, 11) is -9.46. The zero-order valence-corrected chi connectivity index (χ0v) is 19.3. The van der Waals surface area contributed by atoms with E-state index in [1.807, 2.05) is 30.3 Å². The SMILES string of the molecule is O=P(O)(O)CP(=O)(O)OC[C@H]1O[C@@H](c2cnc3c(NCc4ccccc4)ncnn23)[C@H](O)[C@@H]1O. The summed E-state index contributed by atoms with van der Waals surface area (Å²) in [5, 5.41) is 28.1. The van der Waals surface area contributed by atoms with Crippen molar-refractivity contribution in [3.05, 3.63) is 54.1 Å². The van der Waals surface area contributed by atoms with Gasteiger partial charge in [0.05, 0.1) is 18.5 Å². The molecule has 0 saturated carbocycles. The van der Waals surface area contributed by atoms with Crippen molar-refractivity contribution in [2.75, 3.05) is 17.8 Å². The van der Waals surface area contributed by atoms with Crippen LogP contribution in [-0.2, 0) is 24.9 Å². The van der Waals surface area contributed by atoms with Crippen molar-refractivity contribution in [2.24, 2.45) is 0 Å². The summed E-state index contributed by atoms with van der Waals surface area (Å²) in [6.45, 7) is -0.204. The van der Waals surface area contributed by atoms with E-state index >= 15 is 0 Å². The third kappa shape index (κ3) is 5.69. The number of rotatable bonds is 9. The number of aliphatic hydroxyl groups excluding tert-OH is 2. The van der Waals surface area contributed by atoms with Crippen LogP contribution in [0.3, 0.4) is 0 Å². The summed E-state index contributed by atoms with van der Waals surface area (Å²) in [4.78, 5) is 35.9. The topological polar surface area (TPSA) is 209 Å². The van der Waals surface area contributed by atoms with E-state index in [0.29, 0.717) is 18.0 Å². The Hall–Kier alpha value is -2.25. The lowest BCUT2D eigenvalue weighted by atomic mass is 10.1. The Balaban J connectivity index is 1.48. The first-order valence-corrected chi connectivity index (χ1v) is 13.6. The minimum atomic E-state index is -4.81. The zero-order valence-electron chi connectivity index (χ0n) is 17.5. The van der Waals surface area contributed by atoms with E-state index in [2.05, 4.69) is 20.4 Å². The number of aromatic nitrogens is 4. The van der Waals surface area contributed by atoms with Crippen molar-refractivity contribution >= 4 is 26.7 Å². The summed E-state index contributed by atoms with van der Waals surface area (Å²) in [6, 6.07) is 9.61. The largest absolute Gasteiger partial charge is 0.387 e. The van der Waals surface area contributed by atoms with Crippen LogP contribution < -0.4 is 5.32 Å². The molecule has 1 unspecified atom stereocenters. The van der Waals surface area contributed by atoms with Crippen molar-refractivity contribution in [1.29, 1.82) is 0 Å². The van der Waals surface area contributed by atoms with E-state index in [1.54, 1.807) is 0 Å². The number of nitrogens with one attached hydrogen (secondary N) is 1. The molecular formula is C18H23N5O9P2. The molecule has 16 heteroatoms.